The molecule has 1 aliphatic carbocycles. The summed E-state index contributed by atoms with van der Waals surface area (Å²) in [4.78, 5) is 28.9. The first-order valence-corrected chi connectivity index (χ1v) is 11.1. The van der Waals surface area contributed by atoms with Gasteiger partial charge >= 0.3 is 0 Å². The molecule has 1 atom stereocenters. The molecule has 0 unspecified atom stereocenters. The van der Waals surface area contributed by atoms with E-state index in [1.54, 1.807) is 6.26 Å². The zero-order valence-electron chi connectivity index (χ0n) is 17.9. The SMILES string of the molecule is CN1CCN(CCOc2ccc3c(ccc4occ([C@H]5CCC(=O)CC5=O)c43)c2)CC1. The smallest absolute Gasteiger partial charge is 0.147 e. The van der Waals surface area contributed by atoms with Gasteiger partial charge in [-0.15, -0.1) is 0 Å². The van der Waals surface area contributed by atoms with E-state index in [-0.39, 0.29) is 23.9 Å². The van der Waals surface area contributed by atoms with Crippen molar-refractivity contribution in [3.8, 4) is 5.75 Å². The molecule has 5 rings (SSSR count). The molecule has 1 aromatic heterocycles. The van der Waals surface area contributed by atoms with Crippen molar-refractivity contribution in [1.82, 2.24) is 9.80 Å². The van der Waals surface area contributed by atoms with E-state index in [4.69, 9.17) is 9.15 Å². The molecular weight excluding hydrogens is 392 g/mol. The lowest BCUT2D eigenvalue weighted by Gasteiger charge is -2.32. The monoisotopic (exact) mass is 420 g/mol. The number of rotatable bonds is 5. The van der Waals surface area contributed by atoms with Crippen molar-refractivity contribution < 1.29 is 18.7 Å². The van der Waals surface area contributed by atoms with Gasteiger partial charge in [0.25, 0.3) is 0 Å². The summed E-state index contributed by atoms with van der Waals surface area (Å²) < 4.78 is 11.8. The molecule has 2 heterocycles. The first kappa shape index (κ1) is 20.2. The largest absolute Gasteiger partial charge is 0.492 e. The van der Waals surface area contributed by atoms with E-state index in [1.807, 2.05) is 18.2 Å². The lowest BCUT2D eigenvalue weighted by Crippen LogP contribution is -2.45. The maximum atomic E-state index is 12.5. The number of benzene rings is 2. The molecule has 162 valence electrons. The van der Waals surface area contributed by atoms with Crippen molar-refractivity contribution in [2.75, 3.05) is 46.4 Å². The van der Waals surface area contributed by atoms with Gasteiger partial charge in [0.15, 0.2) is 0 Å². The van der Waals surface area contributed by atoms with Crippen LogP contribution in [0.2, 0.25) is 0 Å². The molecule has 2 fully saturated rings. The van der Waals surface area contributed by atoms with E-state index < -0.39 is 0 Å². The molecular formula is C25H28N2O4. The maximum Gasteiger partial charge on any atom is 0.147 e. The molecule has 0 N–H and O–H groups in total. The standard InChI is InChI=1S/C25H28N2O4/c1-26-8-10-27(11-9-26)12-13-30-19-4-6-20-17(14-19)2-7-24-25(20)22(16-31-24)21-5-3-18(28)15-23(21)29/h2,4,6-7,14,16,21H,3,5,8-13,15H2,1H3/t21-/m1/s1. The molecule has 31 heavy (non-hydrogen) atoms. The van der Waals surface area contributed by atoms with E-state index >= 15 is 0 Å². The first-order valence-electron chi connectivity index (χ1n) is 11.1. The fraction of sp³-hybridized carbons (Fsp3) is 0.440. The summed E-state index contributed by atoms with van der Waals surface area (Å²) in [5, 5.41) is 3.10. The molecule has 1 saturated heterocycles. The third kappa shape index (κ3) is 4.10. The first-order chi connectivity index (χ1) is 15.1. The highest BCUT2D eigenvalue weighted by atomic mass is 16.5. The van der Waals surface area contributed by atoms with Gasteiger partial charge in [0.1, 0.15) is 29.5 Å². The summed E-state index contributed by atoms with van der Waals surface area (Å²) in [5.74, 6) is 0.631. The number of Topliss-reactive ketones (excluding diaryl/α,β-unsaturated/α-hetero) is 2. The number of ketones is 2. The van der Waals surface area contributed by atoms with Crippen LogP contribution in [0.5, 0.6) is 5.75 Å². The van der Waals surface area contributed by atoms with Gasteiger partial charge in [-0.3, -0.25) is 14.5 Å². The molecule has 0 amide bonds. The highest BCUT2D eigenvalue weighted by Gasteiger charge is 2.31. The number of carbonyl (C=O) groups is 2. The van der Waals surface area contributed by atoms with Crippen LogP contribution in [0.1, 0.15) is 30.7 Å². The fourth-order valence-corrected chi connectivity index (χ4v) is 4.78. The summed E-state index contributed by atoms with van der Waals surface area (Å²) in [5.41, 5.74) is 1.68. The second kappa shape index (κ2) is 8.44. The minimum Gasteiger partial charge on any atom is -0.492 e. The number of furan rings is 1. The van der Waals surface area contributed by atoms with Crippen LogP contribution in [0.15, 0.2) is 41.0 Å². The number of piperazine rings is 1. The van der Waals surface area contributed by atoms with Crippen LogP contribution >= 0.6 is 0 Å². The van der Waals surface area contributed by atoms with Crippen molar-refractivity contribution >= 4 is 33.3 Å². The molecule has 1 saturated carbocycles. The Hall–Kier alpha value is -2.70. The minimum atomic E-state index is -0.260. The molecule has 1 aliphatic heterocycles. The van der Waals surface area contributed by atoms with Crippen molar-refractivity contribution in [1.29, 1.82) is 0 Å². The third-order valence-electron chi connectivity index (χ3n) is 6.67. The van der Waals surface area contributed by atoms with Crippen LogP contribution in [0.25, 0.3) is 21.7 Å². The van der Waals surface area contributed by atoms with Crippen LogP contribution < -0.4 is 4.74 Å². The molecule has 6 heteroatoms. The van der Waals surface area contributed by atoms with Gasteiger partial charge in [-0.25, -0.2) is 0 Å². The molecule has 0 bridgehead atoms. The van der Waals surface area contributed by atoms with Gasteiger partial charge in [-0.05, 0) is 48.5 Å². The maximum absolute atomic E-state index is 12.5. The number of carbonyl (C=O) groups excluding carboxylic acids is 2. The van der Waals surface area contributed by atoms with Gasteiger partial charge < -0.3 is 14.1 Å². The zero-order valence-corrected chi connectivity index (χ0v) is 17.9. The zero-order chi connectivity index (χ0) is 21.4. The highest BCUT2D eigenvalue weighted by molar-refractivity contribution is 6.11. The van der Waals surface area contributed by atoms with E-state index in [0.29, 0.717) is 19.4 Å². The summed E-state index contributed by atoms with van der Waals surface area (Å²) in [6.45, 7) is 5.99. The Kier molecular flexibility index (Phi) is 5.50. The summed E-state index contributed by atoms with van der Waals surface area (Å²) in [6.07, 6.45) is 2.76. The Morgan fingerprint density at radius 1 is 1.10 bits per heavy atom. The lowest BCUT2D eigenvalue weighted by molar-refractivity contribution is -0.130. The van der Waals surface area contributed by atoms with Gasteiger partial charge in [-0.1, -0.05) is 6.07 Å². The Labute approximate surface area is 181 Å². The second-order valence-electron chi connectivity index (χ2n) is 8.78. The Morgan fingerprint density at radius 2 is 1.94 bits per heavy atom. The number of nitrogens with zero attached hydrogens (tertiary/aromatic N) is 2. The average Bonchev–Trinajstić information content (AvgIpc) is 3.19. The summed E-state index contributed by atoms with van der Waals surface area (Å²) in [7, 11) is 2.16. The van der Waals surface area contributed by atoms with Crippen molar-refractivity contribution in [3.05, 3.63) is 42.2 Å². The van der Waals surface area contributed by atoms with Crippen LogP contribution in [-0.2, 0) is 9.59 Å². The van der Waals surface area contributed by atoms with Crippen LogP contribution in [0.3, 0.4) is 0 Å². The number of hydrogen-bond donors (Lipinski definition) is 0. The quantitative estimate of drug-likeness (QED) is 0.588. The molecule has 0 radical (unpaired) electrons. The molecule has 2 aromatic carbocycles. The summed E-state index contributed by atoms with van der Waals surface area (Å²) in [6, 6.07) is 10.1. The van der Waals surface area contributed by atoms with Crippen LogP contribution in [0, 0.1) is 0 Å². The molecule has 3 aromatic rings. The number of ether oxygens (including phenoxy) is 1. The minimum absolute atomic E-state index is 0.000173. The summed E-state index contributed by atoms with van der Waals surface area (Å²) >= 11 is 0. The Morgan fingerprint density at radius 3 is 2.74 bits per heavy atom. The molecule has 0 spiro atoms. The number of likely N-dealkylation sites (N-methyl/N-ethyl adjacent to an activating group) is 1. The molecule has 2 aliphatic rings. The Bertz CT molecular complexity index is 1130. The van der Waals surface area contributed by atoms with Gasteiger partial charge in [0, 0.05) is 56.0 Å². The predicted molar refractivity (Wildman–Crippen MR) is 120 cm³/mol. The van der Waals surface area contributed by atoms with E-state index in [1.165, 1.54) is 0 Å². The normalized spacial score (nSPS) is 21.3. The topological polar surface area (TPSA) is 63.0 Å². The van der Waals surface area contributed by atoms with E-state index in [9.17, 15) is 9.59 Å². The third-order valence-corrected chi connectivity index (χ3v) is 6.67. The van der Waals surface area contributed by atoms with Gasteiger partial charge in [0.05, 0.1) is 12.7 Å². The number of hydrogen-bond acceptors (Lipinski definition) is 6. The van der Waals surface area contributed by atoms with Gasteiger partial charge in [-0.2, -0.15) is 0 Å². The van der Waals surface area contributed by atoms with E-state index in [2.05, 4.69) is 29.0 Å². The van der Waals surface area contributed by atoms with E-state index in [0.717, 1.165) is 65.8 Å². The van der Waals surface area contributed by atoms with Crippen molar-refractivity contribution in [2.24, 2.45) is 0 Å². The second-order valence-corrected chi connectivity index (χ2v) is 8.78. The van der Waals surface area contributed by atoms with Crippen molar-refractivity contribution in [3.63, 3.8) is 0 Å². The number of fused-ring (bicyclic) bond motifs is 3. The van der Waals surface area contributed by atoms with Crippen molar-refractivity contribution in [2.45, 2.75) is 25.2 Å². The average molecular weight is 421 g/mol. The highest BCUT2D eigenvalue weighted by Crippen LogP contribution is 2.38. The van der Waals surface area contributed by atoms with Crippen LogP contribution in [0.4, 0.5) is 0 Å². The fourth-order valence-electron chi connectivity index (χ4n) is 4.78. The Balaban J connectivity index is 1.35. The predicted octanol–water partition coefficient (Wildman–Crippen LogP) is 3.62. The van der Waals surface area contributed by atoms with Crippen LogP contribution in [-0.4, -0.2) is 67.7 Å². The van der Waals surface area contributed by atoms with Gasteiger partial charge in [0.2, 0.25) is 0 Å². The lowest BCUT2D eigenvalue weighted by atomic mass is 9.81. The molecule has 6 nitrogen and oxygen atoms in total.